The molecule has 0 amide bonds. The molecule has 1 aromatic rings. The maximum atomic E-state index is 6.02. The van der Waals surface area contributed by atoms with Gasteiger partial charge in [0.1, 0.15) is 0 Å². The van der Waals surface area contributed by atoms with Crippen molar-refractivity contribution in [3.63, 3.8) is 0 Å². The minimum atomic E-state index is 0.256. The molecule has 1 nitrogen and oxygen atoms in total. The largest absolute Gasteiger partial charge is 0.280 e. The molecule has 1 aromatic carbocycles. The molecule has 0 heterocycles. The minimum Gasteiger partial charge on any atom is -0.280 e. The van der Waals surface area contributed by atoms with Gasteiger partial charge in [0, 0.05) is 0 Å². The first-order chi connectivity index (χ1) is 6.52. The van der Waals surface area contributed by atoms with Gasteiger partial charge in [-0.2, -0.15) is 0 Å². The predicted molar refractivity (Wildman–Crippen MR) is 62.6 cm³/mol. The van der Waals surface area contributed by atoms with Crippen molar-refractivity contribution in [1.29, 1.82) is 0 Å². The van der Waals surface area contributed by atoms with Crippen molar-refractivity contribution in [2.75, 3.05) is 0 Å². The van der Waals surface area contributed by atoms with Crippen LogP contribution in [0, 0.1) is 5.92 Å². The van der Waals surface area contributed by atoms with Crippen LogP contribution in [0.25, 0.3) is 0 Å². The van der Waals surface area contributed by atoms with E-state index in [0.717, 1.165) is 5.69 Å². The van der Waals surface area contributed by atoms with Crippen molar-refractivity contribution >= 4 is 28.9 Å². The normalized spacial score (nSPS) is 13.0. The summed E-state index contributed by atoms with van der Waals surface area (Å²) in [5, 5.41) is 5.60. The third kappa shape index (κ3) is 2.79. The predicted octanol–water partition coefficient (Wildman–Crippen LogP) is 4.27. The summed E-state index contributed by atoms with van der Waals surface area (Å²) in [6, 6.07) is 5.77. The van der Waals surface area contributed by atoms with Gasteiger partial charge in [-0.3, -0.25) is 5.32 Å². The maximum Gasteiger partial charge on any atom is 0.0844 e. The van der Waals surface area contributed by atoms with Gasteiger partial charge in [-0.25, -0.2) is 0 Å². The second-order valence-corrected chi connectivity index (χ2v) is 4.47. The van der Waals surface area contributed by atoms with Crippen molar-refractivity contribution in [2.24, 2.45) is 5.92 Å². The van der Waals surface area contributed by atoms with Gasteiger partial charge < -0.3 is 0 Å². The zero-order valence-corrected chi connectivity index (χ0v) is 10.1. The molecule has 3 heteroatoms. The number of halogens is 2. The van der Waals surface area contributed by atoms with E-state index in [2.05, 4.69) is 26.1 Å². The van der Waals surface area contributed by atoms with E-state index in [1.165, 1.54) is 0 Å². The molecule has 0 saturated heterocycles. The van der Waals surface area contributed by atoms with E-state index in [1.54, 1.807) is 6.07 Å². The van der Waals surface area contributed by atoms with Crippen LogP contribution in [-0.2, 0) is 0 Å². The Morgan fingerprint density at radius 3 is 2.36 bits per heavy atom. The SMILES string of the molecule is CC(C)C(C)[N]c1cccc(Cl)c1Cl. The highest BCUT2D eigenvalue weighted by molar-refractivity contribution is 6.43. The molecule has 0 spiro atoms. The van der Waals surface area contributed by atoms with Gasteiger partial charge >= 0.3 is 0 Å². The molecule has 1 atom stereocenters. The lowest BCUT2D eigenvalue weighted by atomic mass is 10.1. The third-order valence-corrected chi connectivity index (χ3v) is 3.05. The fourth-order valence-corrected chi connectivity index (χ4v) is 1.30. The molecular formula is C11H14Cl2N. The van der Waals surface area contributed by atoms with Gasteiger partial charge in [-0.1, -0.05) is 43.1 Å². The van der Waals surface area contributed by atoms with Crippen LogP contribution in [0.15, 0.2) is 18.2 Å². The van der Waals surface area contributed by atoms with Gasteiger partial charge in [-0.05, 0) is 25.0 Å². The number of rotatable bonds is 3. The fraction of sp³-hybridized carbons (Fsp3) is 0.455. The average molecular weight is 231 g/mol. The Hall–Kier alpha value is -0.400. The van der Waals surface area contributed by atoms with Gasteiger partial charge in [0.05, 0.1) is 21.8 Å². The highest BCUT2D eigenvalue weighted by Gasteiger charge is 2.12. The topological polar surface area (TPSA) is 14.1 Å². The summed E-state index contributed by atoms with van der Waals surface area (Å²) < 4.78 is 0. The number of hydrogen-bond donors (Lipinski definition) is 0. The van der Waals surface area contributed by atoms with E-state index in [-0.39, 0.29) is 6.04 Å². The molecule has 0 aromatic heterocycles. The van der Waals surface area contributed by atoms with Crippen LogP contribution < -0.4 is 5.32 Å². The molecule has 1 radical (unpaired) electrons. The standard InChI is InChI=1S/C11H14Cl2N/c1-7(2)8(3)14-10-6-4-5-9(12)11(10)13/h4-8H,1-3H3. The van der Waals surface area contributed by atoms with E-state index in [9.17, 15) is 0 Å². The average Bonchev–Trinajstić information content (AvgIpc) is 2.12. The van der Waals surface area contributed by atoms with E-state index in [0.29, 0.717) is 16.0 Å². The quantitative estimate of drug-likeness (QED) is 0.737. The second-order valence-electron chi connectivity index (χ2n) is 3.69. The molecule has 0 bridgehead atoms. The Bertz CT molecular complexity index is 310. The zero-order chi connectivity index (χ0) is 10.7. The number of hydrogen-bond acceptors (Lipinski definition) is 0. The lowest BCUT2D eigenvalue weighted by Crippen LogP contribution is -2.20. The van der Waals surface area contributed by atoms with Crippen LogP contribution in [0.2, 0.25) is 10.0 Å². The summed E-state index contributed by atoms with van der Waals surface area (Å²) in [5.41, 5.74) is 0.778. The van der Waals surface area contributed by atoms with Gasteiger partial charge in [-0.15, -0.1) is 0 Å². The molecule has 0 aliphatic heterocycles. The fourth-order valence-electron chi connectivity index (χ4n) is 0.961. The summed E-state index contributed by atoms with van der Waals surface area (Å²) in [4.78, 5) is 0. The molecule has 77 valence electrons. The van der Waals surface area contributed by atoms with Crippen LogP contribution in [0.4, 0.5) is 5.69 Å². The van der Waals surface area contributed by atoms with Crippen molar-refractivity contribution in [1.82, 2.24) is 5.32 Å². The Labute approximate surface area is 95.4 Å². The Kier molecular flexibility index (Phi) is 4.09. The highest BCUT2D eigenvalue weighted by Crippen LogP contribution is 2.30. The van der Waals surface area contributed by atoms with Crippen molar-refractivity contribution in [2.45, 2.75) is 26.8 Å². The zero-order valence-electron chi connectivity index (χ0n) is 8.59. The van der Waals surface area contributed by atoms with Crippen molar-refractivity contribution in [3.8, 4) is 0 Å². The van der Waals surface area contributed by atoms with E-state index in [1.807, 2.05) is 12.1 Å². The van der Waals surface area contributed by atoms with Crippen LogP contribution in [0.5, 0.6) is 0 Å². The molecule has 1 unspecified atom stereocenters. The maximum absolute atomic E-state index is 6.02. The van der Waals surface area contributed by atoms with Gasteiger partial charge in [0.15, 0.2) is 0 Å². The van der Waals surface area contributed by atoms with Crippen LogP contribution in [0.1, 0.15) is 20.8 Å². The summed E-state index contributed by atoms with van der Waals surface area (Å²) in [6.45, 7) is 6.33. The van der Waals surface area contributed by atoms with Crippen molar-refractivity contribution < 1.29 is 0 Å². The van der Waals surface area contributed by atoms with Crippen LogP contribution >= 0.6 is 23.2 Å². The summed E-state index contributed by atoms with van der Waals surface area (Å²) in [7, 11) is 0. The molecule has 1 rings (SSSR count). The van der Waals surface area contributed by atoms with Crippen molar-refractivity contribution in [3.05, 3.63) is 28.2 Å². The molecule has 0 saturated carbocycles. The minimum absolute atomic E-state index is 0.256. The lowest BCUT2D eigenvalue weighted by Gasteiger charge is -2.16. The van der Waals surface area contributed by atoms with Crippen LogP contribution in [-0.4, -0.2) is 6.04 Å². The smallest absolute Gasteiger partial charge is 0.0844 e. The summed E-state index contributed by atoms with van der Waals surface area (Å²) in [6.07, 6.45) is 0. The number of benzene rings is 1. The van der Waals surface area contributed by atoms with E-state index in [4.69, 9.17) is 23.2 Å². The first-order valence-corrected chi connectivity index (χ1v) is 5.43. The summed E-state index contributed by atoms with van der Waals surface area (Å²) in [5.74, 6) is 0.505. The third-order valence-electron chi connectivity index (χ3n) is 2.24. The van der Waals surface area contributed by atoms with Gasteiger partial charge in [0.2, 0.25) is 0 Å². The molecule has 14 heavy (non-hydrogen) atoms. The van der Waals surface area contributed by atoms with E-state index >= 15 is 0 Å². The molecule has 0 fully saturated rings. The molecule has 0 N–H and O–H groups in total. The lowest BCUT2D eigenvalue weighted by molar-refractivity contribution is 0.472. The second kappa shape index (κ2) is 4.90. The molecular weight excluding hydrogens is 217 g/mol. The Morgan fingerprint density at radius 1 is 1.14 bits per heavy atom. The highest BCUT2D eigenvalue weighted by atomic mass is 35.5. The molecule has 0 aliphatic carbocycles. The summed E-state index contributed by atoms with van der Waals surface area (Å²) >= 11 is 11.9. The Balaban J connectivity index is 2.82. The first-order valence-electron chi connectivity index (χ1n) is 4.67. The van der Waals surface area contributed by atoms with E-state index < -0.39 is 0 Å². The first kappa shape index (κ1) is 11.7. The molecule has 0 aliphatic rings. The Morgan fingerprint density at radius 2 is 1.79 bits per heavy atom. The monoisotopic (exact) mass is 230 g/mol. The van der Waals surface area contributed by atoms with Crippen LogP contribution in [0.3, 0.4) is 0 Å². The number of nitrogens with zero attached hydrogens (tertiary/aromatic N) is 1. The van der Waals surface area contributed by atoms with Gasteiger partial charge in [0.25, 0.3) is 0 Å².